The van der Waals surface area contributed by atoms with Crippen LogP contribution in [-0.2, 0) is 18.0 Å². The fourth-order valence-electron chi connectivity index (χ4n) is 6.36. The maximum atomic E-state index is 13.4. The van der Waals surface area contributed by atoms with Crippen LogP contribution in [0.4, 0.5) is 28.8 Å². The average Bonchev–Trinajstić information content (AvgIpc) is 3.52. The molecule has 1 atom stereocenters. The molecule has 1 fully saturated rings. The van der Waals surface area contributed by atoms with Gasteiger partial charge < -0.3 is 29.7 Å². The SMILES string of the molecule is CCc1cc(Nc2ncc(Br)c(Nc3ccc(-c4ncnn4C)cc3P(C)(C)=O)n2)c(OC)cc1N(C)CCC(CC)N1CCN(C)CC1. The van der Waals surface area contributed by atoms with Gasteiger partial charge in [-0.05, 0) is 85.4 Å². The van der Waals surface area contributed by atoms with Crippen LogP contribution in [0.5, 0.6) is 5.75 Å². The van der Waals surface area contributed by atoms with Crippen molar-refractivity contribution in [1.29, 1.82) is 0 Å². The van der Waals surface area contributed by atoms with Crippen LogP contribution in [0.1, 0.15) is 32.3 Å². The van der Waals surface area contributed by atoms with E-state index in [0.29, 0.717) is 44.8 Å². The third-order valence-electron chi connectivity index (χ3n) is 9.31. The van der Waals surface area contributed by atoms with Crippen LogP contribution in [0.15, 0.2) is 47.3 Å². The van der Waals surface area contributed by atoms with Gasteiger partial charge in [-0.15, -0.1) is 0 Å². The van der Waals surface area contributed by atoms with Crippen molar-refractivity contribution in [3.05, 3.63) is 52.9 Å². The minimum atomic E-state index is -2.69. The number of piperazine rings is 1. The van der Waals surface area contributed by atoms with Crippen LogP contribution in [0.2, 0.25) is 0 Å². The molecule has 49 heavy (non-hydrogen) atoms. The summed E-state index contributed by atoms with van der Waals surface area (Å²) in [4.78, 5) is 21.1. The fourth-order valence-corrected chi connectivity index (χ4v) is 7.81. The number of methoxy groups -OCH3 is 1. The van der Waals surface area contributed by atoms with Gasteiger partial charge in [0, 0.05) is 81.7 Å². The minimum absolute atomic E-state index is 0.401. The van der Waals surface area contributed by atoms with E-state index in [9.17, 15) is 4.57 Å². The first-order chi connectivity index (χ1) is 23.4. The molecule has 1 aliphatic rings. The number of hydrogen-bond donors (Lipinski definition) is 2. The van der Waals surface area contributed by atoms with Crippen molar-refractivity contribution in [2.75, 3.05) is 82.8 Å². The summed E-state index contributed by atoms with van der Waals surface area (Å²) in [6, 6.07) is 10.6. The molecule has 0 saturated carbocycles. The monoisotopic (exact) mass is 752 g/mol. The van der Waals surface area contributed by atoms with E-state index in [-0.39, 0.29) is 0 Å². The van der Waals surface area contributed by atoms with Gasteiger partial charge in [-0.2, -0.15) is 10.1 Å². The number of aryl methyl sites for hydroxylation is 2. The molecule has 264 valence electrons. The fraction of sp³-hybridized carbons (Fsp3) is 0.486. The zero-order valence-corrected chi connectivity index (χ0v) is 32.5. The van der Waals surface area contributed by atoms with Gasteiger partial charge in [0.25, 0.3) is 0 Å². The summed E-state index contributed by atoms with van der Waals surface area (Å²) in [5, 5.41) is 11.7. The minimum Gasteiger partial charge on any atom is -0.494 e. The highest BCUT2D eigenvalue weighted by atomic mass is 79.9. The standard InChI is InChI=1S/C35H50BrN10O2P/c1-9-24-19-29(31(48-6)21-30(24)44(4)14-13-26(10-2)46-17-15-43(3)16-18-46)41-35-37-22-27(36)33(42-35)40-28-12-11-25(20-32(28)49(7,8)47)34-38-23-39-45(34)5/h11-12,19-23,26H,9-10,13-18H2,1-8H3,(H2,37,40,41,42). The Balaban J connectivity index is 1.35. The molecule has 2 N–H and O–H groups in total. The van der Waals surface area contributed by atoms with Crippen LogP contribution in [0, 0.1) is 0 Å². The summed E-state index contributed by atoms with van der Waals surface area (Å²) < 4.78 is 21.7. The van der Waals surface area contributed by atoms with E-state index >= 15 is 0 Å². The Hall–Kier alpha value is -3.51. The molecular formula is C35H50BrN10O2P. The first kappa shape index (κ1) is 36.8. The molecule has 5 rings (SSSR count). The Morgan fingerprint density at radius 1 is 1.04 bits per heavy atom. The number of likely N-dealkylation sites (N-methyl/N-ethyl adjacent to an activating group) is 1. The maximum absolute atomic E-state index is 13.4. The molecule has 2 aromatic heterocycles. The van der Waals surface area contributed by atoms with E-state index in [1.54, 1.807) is 31.3 Å². The molecule has 4 aromatic rings. The number of nitrogens with zero attached hydrogens (tertiary/aromatic N) is 8. The highest BCUT2D eigenvalue weighted by Gasteiger charge is 2.23. The van der Waals surface area contributed by atoms with Crippen LogP contribution >= 0.6 is 23.1 Å². The second-order valence-electron chi connectivity index (χ2n) is 13.1. The van der Waals surface area contributed by atoms with E-state index in [2.05, 4.69) is 96.4 Å². The summed E-state index contributed by atoms with van der Waals surface area (Å²) in [7, 11) is 5.21. The van der Waals surface area contributed by atoms with Gasteiger partial charge in [-0.25, -0.2) is 14.6 Å². The molecule has 2 aromatic carbocycles. The van der Waals surface area contributed by atoms with Crippen LogP contribution in [0.3, 0.4) is 0 Å². The van der Waals surface area contributed by atoms with E-state index < -0.39 is 7.14 Å². The molecule has 0 radical (unpaired) electrons. The van der Waals surface area contributed by atoms with Gasteiger partial charge in [0.2, 0.25) is 5.95 Å². The van der Waals surface area contributed by atoms with Crippen LogP contribution < -0.4 is 25.6 Å². The number of hydrogen-bond acceptors (Lipinski definition) is 11. The molecule has 0 aliphatic carbocycles. The molecule has 12 nitrogen and oxygen atoms in total. The lowest BCUT2D eigenvalue weighted by molar-refractivity contribution is 0.105. The first-order valence-corrected chi connectivity index (χ1v) is 20.3. The molecule has 0 bridgehead atoms. The summed E-state index contributed by atoms with van der Waals surface area (Å²) in [5.74, 6) is 2.35. The Kier molecular flexibility index (Phi) is 12.0. The zero-order chi connectivity index (χ0) is 35.3. The van der Waals surface area contributed by atoms with Crippen molar-refractivity contribution in [1.82, 2.24) is 34.5 Å². The van der Waals surface area contributed by atoms with E-state index in [4.69, 9.17) is 9.72 Å². The molecule has 1 aliphatic heterocycles. The summed E-state index contributed by atoms with van der Waals surface area (Å²) in [6.45, 7) is 13.5. The number of anilines is 5. The van der Waals surface area contributed by atoms with Gasteiger partial charge in [-0.3, -0.25) is 4.90 Å². The maximum Gasteiger partial charge on any atom is 0.229 e. The molecule has 0 amide bonds. The normalized spacial score (nSPS) is 14.9. The van der Waals surface area contributed by atoms with Gasteiger partial charge in [0.1, 0.15) is 25.0 Å². The Bertz CT molecular complexity index is 1790. The Morgan fingerprint density at radius 2 is 1.80 bits per heavy atom. The molecular weight excluding hydrogens is 703 g/mol. The second-order valence-corrected chi connectivity index (χ2v) is 17.1. The largest absolute Gasteiger partial charge is 0.494 e. The Labute approximate surface area is 299 Å². The van der Waals surface area contributed by atoms with Crippen molar-refractivity contribution in [3.8, 4) is 17.1 Å². The van der Waals surface area contributed by atoms with Crippen molar-refractivity contribution < 1.29 is 9.30 Å². The number of aromatic nitrogens is 5. The number of halogens is 1. The molecule has 1 unspecified atom stereocenters. The number of benzene rings is 2. The zero-order valence-electron chi connectivity index (χ0n) is 30.0. The van der Waals surface area contributed by atoms with Crippen molar-refractivity contribution >= 4 is 57.2 Å². The van der Waals surface area contributed by atoms with Crippen LogP contribution in [-0.4, -0.2) is 108 Å². The molecule has 14 heteroatoms. The van der Waals surface area contributed by atoms with Crippen molar-refractivity contribution in [2.24, 2.45) is 7.05 Å². The quantitative estimate of drug-likeness (QED) is 0.144. The lowest BCUT2D eigenvalue weighted by Gasteiger charge is -2.38. The number of nitrogens with one attached hydrogen (secondary N) is 2. The summed E-state index contributed by atoms with van der Waals surface area (Å²) >= 11 is 3.60. The summed E-state index contributed by atoms with van der Waals surface area (Å²) in [5.41, 5.74) is 4.69. The first-order valence-electron chi connectivity index (χ1n) is 16.9. The topological polar surface area (TPSA) is 117 Å². The number of ether oxygens (including phenoxy) is 1. The lowest BCUT2D eigenvalue weighted by atomic mass is 10.0. The van der Waals surface area contributed by atoms with Crippen molar-refractivity contribution in [2.45, 2.75) is 39.2 Å². The summed E-state index contributed by atoms with van der Waals surface area (Å²) in [6.07, 6.45) is 6.33. The predicted molar refractivity (Wildman–Crippen MR) is 205 cm³/mol. The van der Waals surface area contributed by atoms with Crippen molar-refractivity contribution in [3.63, 3.8) is 0 Å². The van der Waals surface area contributed by atoms with E-state index in [1.165, 1.54) is 11.9 Å². The smallest absolute Gasteiger partial charge is 0.229 e. The number of rotatable bonds is 14. The van der Waals surface area contributed by atoms with Gasteiger partial charge in [0.15, 0.2) is 5.82 Å². The molecule has 0 spiro atoms. The predicted octanol–water partition coefficient (Wildman–Crippen LogP) is 6.19. The third-order valence-corrected chi connectivity index (χ3v) is 11.4. The highest BCUT2D eigenvalue weighted by molar-refractivity contribution is 9.10. The second kappa shape index (κ2) is 16.0. The molecule has 1 saturated heterocycles. The highest BCUT2D eigenvalue weighted by Crippen LogP contribution is 2.41. The van der Waals surface area contributed by atoms with Gasteiger partial charge in [-0.1, -0.05) is 13.8 Å². The lowest BCUT2D eigenvalue weighted by Crippen LogP contribution is -2.49. The van der Waals surface area contributed by atoms with E-state index in [0.717, 1.165) is 68.9 Å². The van der Waals surface area contributed by atoms with Gasteiger partial charge in [0.05, 0.1) is 23.0 Å². The van der Waals surface area contributed by atoms with Gasteiger partial charge >= 0.3 is 0 Å². The van der Waals surface area contributed by atoms with Crippen LogP contribution in [0.25, 0.3) is 11.4 Å². The Morgan fingerprint density at radius 3 is 2.43 bits per heavy atom. The average molecular weight is 754 g/mol. The molecule has 3 heterocycles. The van der Waals surface area contributed by atoms with E-state index in [1.807, 2.05) is 25.2 Å². The third kappa shape index (κ3) is 8.81.